The van der Waals surface area contributed by atoms with Gasteiger partial charge < -0.3 is 19.6 Å². The molecule has 19 heavy (non-hydrogen) atoms. The first-order valence-corrected chi connectivity index (χ1v) is 6.33. The lowest BCUT2D eigenvalue weighted by Crippen LogP contribution is -2.02. The highest BCUT2D eigenvalue weighted by Crippen LogP contribution is 2.29. The number of furan rings is 1. The Morgan fingerprint density at radius 2 is 2.05 bits per heavy atom. The minimum Gasteiger partial charge on any atom is -0.493 e. The quantitative estimate of drug-likeness (QED) is 0.868. The molecule has 0 aliphatic carbocycles. The number of hydrogen-bond donors (Lipinski definition) is 1. The largest absolute Gasteiger partial charge is 0.493 e. The van der Waals surface area contributed by atoms with E-state index in [0.717, 1.165) is 29.2 Å². The monoisotopic (exact) mass is 261 g/mol. The van der Waals surface area contributed by atoms with Crippen LogP contribution in [0.2, 0.25) is 0 Å². The summed E-state index contributed by atoms with van der Waals surface area (Å²) in [6.07, 6.45) is 2.59. The Hall–Kier alpha value is -1.94. The summed E-state index contributed by atoms with van der Waals surface area (Å²) < 4.78 is 16.4. The number of hydrogen-bond acceptors (Lipinski definition) is 4. The van der Waals surface area contributed by atoms with Crippen LogP contribution in [-0.2, 0) is 19.6 Å². The second-order valence-electron chi connectivity index (χ2n) is 4.20. The first-order valence-electron chi connectivity index (χ1n) is 6.33. The summed E-state index contributed by atoms with van der Waals surface area (Å²) in [5.74, 6) is 2.23. The van der Waals surface area contributed by atoms with E-state index in [0.29, 0.717) is 13.2 Å². The van der Waals surface area contributed by atoms with Gasteiger partial charge in [-0.1, -0.05) is 13.0 Å². The molecule has 0 atom stereocenters. The van der Waals surface area contributed by atoms with Gasteiger partial charge in [0.1, 0.15) is 12.4 Å². The van der Waals surface area contributed by atoms with Crippen LogP contribution in [0.4, 0.5) is 0 Å². The maximum absolute atomic E-state index is 5.77. The summed E-state index contributed by atoms with van der Waals surface area (Å²) in [4.78, 5) is 0. The van der Waals surface area contributed by atoms with Gasteiger partial charge in [-0.05, 0) is 30.2 Å². The third kappa shape index (κ3) is 3.09. The zero-order valence-electron chi connectivity index (χ0n) is 11.3. The average molecular weight is 261 g/mol. The summed E-state index contributed by atoms with van der Waals surface area (Å²) in [6, 6.07) is 7.83. The molecule has 0 fully saturated rings. The van der Waals surface area contributed by atoms with Gasteiger partial charge in [0.05, 0.1) is 19.9 Å². The summed E-state index contributed by atoms with van der Waals surface area (Å²) in [5.41, 5.74) is 7.76. The molecular weight excluding hydrogens is 242 g/mol. The van der Waals surface area contributed by atoms with Crippen LogP contribution in [0.25, 0.3) is 0 Å². The lowest BCUT2D eigenvalue weighted by atomic mass is 10.1. The first kappa shape index (κ1) is 13.5. The Morgan fingerprint density at radius 1 is 1.21 bits per heavy atom. The summed E-state index contributed by atoms with van der Waals surface area (Å²) >= 11 is 0. The minimum absolute atomic E-state index is 0.373. The molecule has 0 aliphatic rings. The molecule has 0 saturated carbocycles. The van der Waals surface area contributed by atoms with Gasteiger partial charge in [0.2, 0.25) is 0 Å². The molecule has 0 bridgehead atoms. The van der Waals surface area contributed by atoms with E-state index in [9.17, 15) is 0 Å². The lowest BCUT2D eigenvalue weighted by Gasteiger charge is -2.11. The van der Waals surface area contributed by atoms with E-state index >= 15 is 0 Å². The third-order valence-electron chi connectivity index (χ3n) is 3.04. The standard InChI is InChI=1S/C15H19NO3/c1-3-11-4-5-13(14(8-11)17-2)19-10-12-6-7-18-15(12)9-16/h4-8H,3,9-10,16H2,1-2H3. The summed E-state index contributed by atoms with van der Waals surface area (Å²) in [5, 5.41) is 0. The normalized spacial score (nSPS) is 10.5. The van der Waals surface area contributed by atoms with Crippen molar-refractivity contribution in [2.45, 2.75) is 26.5 Å². The predicted octanol–water partition coefficient (Wildman–Crippen LogP) is 2.89. The highest BCUT2D eigenvalue weighted by molar-refractivity contribution is 5.43. The summed E-state index contributed by atoms with van der Waals surface area (Å²) in [7, 11) is 1.64. The molecule has 0 aliphatic heterocycles. The van der Waals surface area contributed by atoms with Crippen LogP contribution in [0.1, 0.15) is 23.8 Å². The maximum atomic E-state index is 5.77. The van der Waals surface area contributed by atoms with E-state index in [1.165, 1.54) is 5.56 Å². The van der Waals surface area contributed by atoms with Gasteiger partial charge in [0.25, 0.3) is 0 Å². The Kier molecular flexibility index (Phi) is 4.47. The molecular formula is C15H19NO3. The van der Waals surface area contributed by atoms with E-state index in [4.69, 9.17) is 19.6 Å². The van der Waals surface area contributed by atoms with Crippen LogP contribution in [0.15, 0.2) is 34.9 Å². The predicted molar refractivity (Wildman–Crippen MR) is 73.3 cm³/mol. The molecule has 0 saturated heterocycles. The molecule has 2 aromatic rings. The second kappa shape index (κ2) is 6.29. The van der Waals surface area contributed by atoms with Crippen molar-refractivity contribution >= 4 is 0 Å². The van der Waals surface area contributed by atoms with Crippen LogP contribution >= 0.6 is 0 Å². The van der Waals surface area contributed by atoms with Crippen molar-refractivity contribution in [1.29, 1.82) is 0 Å². The van der Waals surface area contributed by atoms with Crippen LogP contribution in [0, 0.1) is 0 Å². The van der Waals surface area contributed by atoms with E-state index in [1.807, 2.05) is 24.3 Å². The highest BCUT2D eigenvalue weighted by Gasteiger charge is 2.09. The number of aryl methyl sites for hydroxylation is 1. The van der Waals surface area contributed by atoms with Gasteiger partial charge in [0, 0.05) is 5.56 Å². The van der Waals surface area contributed by atoms with Crippen molar-refractivity contribution in [2.24, 2.45) is 5.73 Å². The van der Waals surface area contributed by atoms with Gasteiger partial charge >= 0.3 is 0 Å². The molecule has 102 valence electrons. The number of nitrogens with two attached hydrogens (primary N) is 1. The molecule has 4 nitrogen and oxygen atoms in total. The Labute approximate surface area is 113 Å². The molecule has 2 N–H and O–H groups in total. The average Bonchev–Trinajstić information content (AvgIpc) is 2.92. The molecule has 1 aromatic heterocycles. The number of ether oxygens (including phenoxy) is 2. The fourth-order valence-corrected chi connectivity index (χ4v) is 1.88. The minimum atomic E-state index is 0.373. The third-order valence-corrected chi connectivity index (χ3v) is 3.04. The van der Waals surface area contributed by atoms with E-state index in [-0.39, 0.29) is 0 Å². The second-order valence-corrected chi connectivity index (χ2v) is 4.20. The Balaban J connectivity index is 2.11. The fraction of sp³-hybridized carbons (Fsp3) is 0.333. The van der Waals surface area contributed by atoms with Gasteiger partial charge in [-0.2, -0.15) is 0 Å². The van der Waals surface area contributed by atoms with Crippen molar-refractivity contribution in [3.8, 4) is 11.5 Å². The summed E-state index contributed by atoms with van der Waals surface area (Å²) in [6.45, 7) is 2.90. The van der Waals surface area contributed by atoms with Crippen LogP contribution in [0.5, 0.6) is 11.5 Å². The molecule has 2 rings (SSSR count). The van der Waals surface area contributed by atoms with Gasteiger partial charge in [-0.15, -0.1) is 0 Å². The SMILES string of the molecule is CCc1ccc(OCc2ccoc2CN)c(OC)c1. The van der Waals surface area contributed by atoms with Gasteiger partial charge in [-0.3, -0.25) is 0 Å². The molecule has 0 unspecified atom stereocenters. The molecule has 0 radical (unpaired) electrons. The van der Waals surface area contributed by atoms with Crippen molar-refractivity contribution in [3.05, 3.63) is 47.4 Å². The van der Waals surface area contributed by atoms with Crippen molar-refractivity contribution in [2.75, 3.05) is 7.11 Å². The number of methoxy groups -OCH3 is 1. The van der Waals surface area contributed by atoms with E-state index < -0.39 is 0 Å². The maximum Gasteiger partial charge on any atom is 0.161 e. The number of rotatable bonds is 6. The smallest absolute Gasteiger partial charge is 0.161 e. The molecule has 1 heterocycles. The highest BCUT2D eigenvalue weighted by atomic mass is 16.5. The number of benzene rings is 1. The van der Waals surface area contributed by atoms with E-state index in [1.54, 1.807) is 13.4 Å². The van der Waals surface area contributed by atoms with Crippen molar-refractivity contribution < 1.29 is 13.9 Å². The zero-order valence-corrected chi connectivity index (χ0v) is 11.3. The molecule has 0 spiro atoms. The first-order chi connectivity index (χ1) is 9.28. The topological polar surface area (TPSA) is 57.6 Å². The van der Waals surface area contributed by atoms with Crippen LogP contribution in [0.3, 0.4) is 0 Å². The van der Waals surface area contributed by atoms with Crippen molar-refractivity contribution in [3.63, 3.8) is 0 Å². The molecule has 0 amide bonds. The van der Waals surface area contributed by atoms with E-state index in [2.05, 4.69) is 6.92 Å². The van der Waals surface area contributed by atoms with Crippen molar-refractivity contribution in [1.82, 2.24) is 0 Å². The van der Waals surface area contributed by atoms with Crippen LogP contribution in [-0.4, -0.2) is 7.11 Å². The zero-order chi connectivity index (χ0) is 13.7. The molecule has 1 aromatic carbocycles. The van der Waals surface area contributed by atoms with Crippen LogP contribution < -0.4 is 15.2 Å². The van der Waals surface area contributed by atoms with Gasteiger partial charge in [0.15, 0.2) is 11.5 Å². The Morgan fingerprint density at radius 3 is 2.74 bits per heavy atom. The van der Waals surface area contributed by atoms with Gasteiger partial charge in [-0.25, -0.2) is 0 Å². The fourth-order valence-electron chi connectivity index (χ4n) is 1.88. The Bertz CT molecular complexity index is 534. The molecule has 4 heteroatoms. The lowest BCUT2D eigenvalue weighted by molar-refractivity contribution is 0.281.